The first-order valence-corrected chi connectivity index (χ1v) is 4.49. The van der Waals surface area contributed by atoms with Crippen molar-refractivity contribution in [1.82, 2.24) is 0 Å². The van der Waals surface area contributed by atoms with E-state index in [-0.39, 0.29) is 12.2 Å². The third-order valence-electron chi connectivity index (χ3n) is 1.96. The van der Waals surface area contributed by atoms with E-state index in [4.69, 9.17) is 5.11 Å². The lowest BCUT2D eigenvalue weighted by molar-refractivity contribution is -0.140. The van der Waals surface area contributed by atoms with E-state index in [0.717, 1.165) is 6.07 Å². The fourth-order valence-corrected chi connectivity index (χ4v) is 1.18. The van der Waals surface area contributed by atoms with Crippen molar-refractivity contribution in [1.29, 1.82) is 0 Å². The maximum Gasteiger partial charge on any atom is 0.419 e. The standard InChI is InChI=1S/C11H10F4O/c1-7(6-16)4-8-2-3-10(12)9(5-8)11(13,14)15/h2-5,16H,6H2,1H3/b7-4-. The van der Waals surface area contributed by atoms with Gasteiger partial charge in [-0.05, 0) is 30.2 Å². The molecule has 0 aromatic heterocycles. The van der Waals surface area contributed by atoms with Gasteiger partial charge in [0.2, 0.25) is 0 Å². The Bertz CT molecular complexity index is 407. The summed E-state index contributed by atoms with van der Waals surface area (Å²) in [6.45, 7) is 1.31. The monoisotopic (exact) mass is 234 g/mol. The molecule has 1 rings (SSSR count). The Labute approximate surface area is 90.0 Å². The van der Waals surface area contributed by atoms with Crippen molar-refractivity contribution >= 4 is 6.08 Å². The first-order valence-electron chi connectivity index (χ1n) is 4.49. The van der Waals surface area contributed by atoms with Gasteiger partial charge in [-0.15, -0.1) is 0 Å². The van der Waals surface area contributed by atoms with Crippen molar-refractivity contribution in [3.63, 3.8) is 0 Å². The van der Waals surface area contributed by atoms with Crippen molar-refractivity contribution in [2.45, 2.75) is 13.1 Å². The first-order chi connectivity index (χ1) is 7.34. The summed E-state index contributed by atoms with van der Waals surface area (Å²) in [6.07, 6.45) is -3.34. The van der Waals surface area contributed by atoms with E-state index < -0.39 is 17.6 Å². The summed E-state index contributed by atoms with van der Waals surface area (Å²) in [5.41, 5.74) is -0.591. The fourth-order valence-electron chi connectivity index (χ4n) is 1.18. The third kappa shape index (κ3) is 3.06. The van der Waals surface area contributed by atoms with Crippen LogP contribution in [0, 0.1) is 5.82 Å². The van der Waals surface area contributed by atoms with Crippen molar-refractivity contribution in [2.24, 2.45) is 0 Å². The number of halogens is 4. The molecule has 0 aliphatic rings. The Balaban J connectivity index is 3.18. The van der Waals surface area contributed by atoms with Crippen LogP contribution in [0.5, 0.6) is 0 Å². The molecule has 0 radical (unpaired) electrons. The highest BCUT2D eigenvalue weighted by molar-refractivity contribution is 5.53. The second-order valence-electron chi connectivity index (χ2n) is 3.39. The number of aliphatic hydroxyl groups excluding tert-OH is 1. The zero-order valence-corrected chi connectivity index (χ0v) is 8.48. The summed E-state index contributed by atoms with van der Waals surface area (Å²) in [5, 5.41) is 8.72. The normalized spacial score (nSPS) is 13.0. The molecule has 0 heterocycles. The molecule has 0 fully saturated rings. The lowest BCUT2D eigenvalue weighted by atomic mass is 10.1. The largest absolute Gasteiger partial charge is 0.419 e. The summed E-state index contributed by atoms with van der Waals surface area (Å²) in [5.74, 6) is -1.30. The van der Waals surface area contributed by atoms with Crippen LogP contribution in [0.15, 0.2) is 23.8 Å². The van der Waals surface area contributed by atoms with Crippen LogP contribution in [-0.2, 0) is 6.18 Å². The topological polar surface area (TPSA) is 20.2 Å². The average Bonchev–Trinajstić information content (AvgIpc) is 2.19. The molecule has 1 aromatic rings. The van der Waals surface area contributed by atoms with Crippen LogP contribution in [0.2, 0.25) is 0 Å². The van der Waals surface area contributed by atoms with E-state index in [1.165, 1.54) is 12.1 Å². The lowest BCUT2D eigenvalue weighted by Crippen LogP contribution is -2.08. The second kappa shape index (κ2) is 4.65. The Morgan fingerprint density at radius 2 is 2.00 bits per heavy atom. The van der Waals surface area contributed by atoms with Gasteiger partial charge in [0.1, 0.15) is 5.82 Å². The Morgan fingerprint density at radius 1 is 1.38 bits per heavy atom. The van der Waals surface area contributed by atoms with E-state index >= 15 is 0 Å². The SMILES string of the molecule is C/C(=C/c1ccc(F)c(C(F)(F)F)c1)CO. The van der Waals surface area contributed by atoms with Gasteiger partial charge in [-0.3, -0.25) is 0 Å². The molecule has 0 amide bonds. The second-order valence-corrected chi connectivity index (χ2v) is 3.39. The Hall–Kier alpha value is -1.36. The van der Waals surface area contributed by atoms with Gasteiger partial charge in [0.25, 0.3) is 0 Å². The van der Waals surface area contributed by atoms with E-state index in [1.54, 1.807) is 6.92 Å². The minimum absolute atomic E-state index is 0.209. The van der Waals surface area contributed by atoms with Gasteiger partial charge in [-0.25, -0.2) is 4.39 Å². The number of hydrogen-bond acceptors (Lipinski definition) is 1. The van der Waals surface area contributed by atoms with Crippen molar-refractivity contribution in [3.8, 4) is 0 Å². The minimum Gasteiger partial charge on any atom is -0.392 e. The van der Waals surface area contributed by atoms with Crippen LogP contribution in [0.4, 0.5) is 17.6 Å². The zero-order chi connectivity index (χ0) is 12.3. The van der Waals surface area contributed by atoms with E-state index in [9.17, 15) is 17.6 Å². The highest BCUT2D eigenvalue weighted by Crippen LogP contribution is 2.32. The summed E-state index contributed by atoms with van der Waals surface area (Å²) in [6, 6.07) is 2.71. The van der Waals surface area contributed by atoms with Crippen molar-refractivity contribution in [2.75, 3.05) is 6.61 Å². The molecule has 5 heteroatoms. The Kier molecular flexibility index (Phi) is 3.70. The first kappa shape index (κ1) is 12.7. The molecule has 0 unspecified atom stereocenters. The number of alkyl halides is 3. The quantitative estimate of drug-likeness (QED) is 0.779. The van der Waals surface area contributed by atoms with Gasteiger partial charge >= 0.3 is 6.18 Å². The van der Waals surface area contributed by atoms with Crippen molar-refractivity contribution < 1.29 is 22.7 Å². The van der Waals surface area contributed by atoms with Crippen LogP contribution in [0.3, 0.4) is 0 Å². The molecule has 1 nitrogen and oxygen atoms in total. The minimum atomic E-state index is -4.71. The molecule has 1 aromatic carbocycles. The predicted molar refractivity (Wildman–Crippen MR) is 52.1 cm³/mol. The maximum atomic E-state index is 12.9. The molecule has 0 atom stereocenters. The number of rotatable bonds is 2. The van der Waals surface area contributed by atoms with Gasteiger partial charge < -0.3 is 5.11 Å². The van der Waals surface area contributed by atoms with Crippen LogP contribution in [0.1, 0.15) is 18.1 Å². The molecule has 1 N–H and O–H groups in total. The van der Waals surface area contributed by atoms with Gasteiger partial charge in [-0.2, -0.15) is 13.2 Å². The molecule has 0 spiro atoms. The zero-order valence-electron chi connectivity index (χ0n) is 8.48. The predicted octanol–water partition coefficient (Wildman–Crippen LogP) is 3.24. The van der Waals surface area contributed by atoms with Gasteiger partial charge in [0.05, 0.1) is 12.2 Å². The van der Waals surface area contributed by atoms with Crippen LogP contribution in [-0.4, -0.2) is 11.7 Å². The third-order valence-corrected chi connectivity index (χ3v) is 1.96. The molecule has 0 saturated heterocycles. The molecular weight excluding hydrogens is 224 g/mol. The molecule has 0 aliphatic heterocycles. The average molecular weight is 234 g/mol. The fraction of sp³-hybridized carbons (Fsp3) is 0.273. The highest BCUT2D eigenvalue weighted by Gasteiger charge is 2.33. The lowest BCUT2D eigenvalue weighted by Gasteiger charge is -2.08. The molecule has 0 bridgehead atoms. The number of hydrogen-bond donors (Lipinski definition) is 1. The van der Waals surface area contributed by atoms with E-state index in [1.807, 2.05) is 0 Å². The number of benzene rings is 1. The van der Waals surface area contributed by atoms with Gasteiger partial charge in [0.15, 0.2) is 0 Å². The summed E-state index contributed by atoms with van der Waals surface area (Å²) < 4.78 is 49.9. The Morgan fingerprint density at radius 3 is 2.50 bits per heavy atom. The summed E-state index contributed by atoms with van der Waals surface area (Å²) in [4.78, 5) is 0. The van der Waals surface area contributed by atoms with Gasteiger partial charge in [-0.1, -0.05) is 12.1 Å². The van der Waals surface area contributed by atoms with Crippen LogP contribution >= 0.6 is 0 Å². The molecule has 88 valence electrons. The smallest absolute Gasteiger partial charge is 0.392 e. The summed E-state index contributed by atoms with van der Waals surface area (Å²) in [7, 11) is 0. The number of aliphatic hydroxyl groups is 1. The maximum absolute atomic E-state index is 12.9. The van der Waals surface area contributed by atoms with Crippen molar-refractivity contribution in [3.05, 3.63) is 40.7 Å². The highest BCUT2D eigenvalue weighted by atomic mass is 19.4. The van der Waals surface area contributed by atoms with E-state index in [0.29, 0.717) is 11.6 Å². The molecule has 16 heavy (non-hydrogen) atoms. The molecule has 0 saturated carbocycles. The van der Waals surface area contributed by atoms with Crippen LogP contribution in [0.25, 0.3) is 6.08 Å². The molecule has 0 aliphatic carbocycles. The van der Waals surface area contributed by atoms with E-state index in [2.05, 4.69) is 0 Å². The summed E-state index contributed by atoms with van der Waals surface area (Å²) >= 11 is 0. The molecular formula is C11H10F4O. The van der Waals surface area contributed by atoms with Gasteiger partial charge in [0, 0.05) is 0 Å². The van der Waals surface area contributed by atoms with Crippen LogP contribution < -0.4 is 0 Å².